The minimum Gasteiger partial charge on any atom is -0.411 e. The number of carbonyl (C=O) groups is 1. The van der Waals surface area contributed by atoms with E-state index in [1.54, 1.807) is 6.92 Å². The molecule has 0 fully saturated rings. The van der Waals surface area contributed by atoms with Crippen molar-refractivity contribution in [2.75, 3.05) is 13.2 Å². The maximum atomic E-state index is 13.2. The first-order valence-corrected chi connectivity index (χ1v) is 10.5. The van der Waals surface area contributed by atoms with Crippen LogP contribution in [0, 0.1) is 6.92 Å². The second-order valence-electron chi connectivity index (χ2n) is 7.64. The number of ketones is 1. The smallest absolute Gasteiger partial charge is 0.193 e. The number of aryl methyl sites for hydroxylation is 1. The summed E-state index contributed by atoms with van der Waals surface area (Å²) in [7, 11) is 0. The van der Waals surface area contributed by atoms with Crippen LogP contribution in [0.3, 0.4) is 0 Å². The summed E-state index contributed by atoms with van der Waals surface area (Å²) in [6, 6.07) is 19.5. The van der Waals surface area contributed by atoms with Crippen molar-refractivity contribution in [3.63, 3.8) is 0 Å². The zero-order valence-corrected chi connectivity index (χ0v) is 18.1. The summed E-state index contributed by atoms with van der Waals surface area (Å²) < 4.78 is 7.81. The molecule has 1 aromatic heterocycles. The van der Waals surface area contributed by atoms with Crippen LogP contribution in [-0.4, -0.2) is 34.5 Å². The molecule has 4 rings (SSSR count). The SMILES string of the molecule is CCOCCn1c2ccc(C(=O)c3ccccc3C)cc2c2cc(C(C)=NO)ccc21. The minimum absolute atomic E-state index is 0.0134. The molecule has 0 aliphatic rings. The van der Waals surface area contributed by atoms with Gasteiger partial charge in [-0.3, -0.25) is 4.79 Å². The molecule has 0 amide bonds. The normalized spacial score (nSPS) is 12.0. The number of hydrogen-bond acceptors (Lipinski definition) is 4. The van der Waals surface area contributed by atoms with Gasteiger partial charge in [0.15, 0.2) is 5.78 Å². The predicted octanol–water partition coefficient (Wildman–Crippen LogP) is 5.57. The van der Waals surface area contributed by atoms with Crippen molar-refractivity contribution in [3.05, 3.63) is 82.9 Å². The molecule has 0 aliphatic heterocycles. The Balaban J connectivity index is 1.91. The highest BCUT2D eigenvalue weighted by atomic mass is 16.5. The zero-order chi connectivity index (χ0) is 22.0. The second-order valence-corrected chi connectivity index (χ2v) is 7.64. The number of nitrogens with zero attached hydrogens (tertiary/aromatic N) is 2. The molecule has 0 unspecified atom stereocenters. The quantitative estimate of drug-likeness (QED) is 0.141. The summed E-state index contributed by atoms with van der Waals surface area (Å²) in [5.41, 5.74) is 5.83. The summed E-state index contributed by atoms with van der Waals surface area (Å²) in [4.78, 5) is 13.2. The lowest BCUT2D eigenvalue weighted by atomic mass is 9.97. The van der Waals surface area contributed by atoms with Gasteiger partial charge >= 0.3 is 0 Å². The third-order valence-electron chi connectivity index (χ3n) is 5.75. The Hall–Kier alpha value is -3.44. The van der Waals surface area contributed by atoms with Gasteiger partial charge in [0.05, 0.1) is 12.3 Å². The molecule has 4 aromatic rings. The van der Waals surface area contributed by atoms with Gasteiger partial charge in [-0.1, -0.05) is 35.5 Å². The first kappa shape index (κ1) is 20.8. The molecule has 1 N–H and O–H groups in total. The second kappa shape index (κ2) is 8.74. The van der Waals surface area contributed by atoms with Crippen LogP contribution in [0.25, 0.3) is 21.8 Å². The number of fused-ring (bicyclic) bond motifs is 3. The van der Waals surface area contributed by atoms with E-state index in [0.29, 0.717) is 36.6 Å². The van der Waals surface area contributed by atoms with Crippen molar-refractivity contribution >= 4 is 33.3 Å². The van der Waals surface area contributed by atoms with Gasteiger partial charge < -0.3 is 14.5 Å². The van der Waals surface area contributed by atoms with E-state index in [-0.39, 0.29) is 5.78 Å². The van der Waals surface area contributed by atoms with Gasteiger partial charge in [0.2, 0.25) is 0 Å². The molecule has 0 atom stereocenters. The molecule has 0 spiro atoms. The Bertz CT molecular complexity index is 1300. The van der Waals surface area contributed by atoms with Crippen molar-refractivity contribution in [3.8, 4) is 0 Å². The lowest BCUT2D eigenvalue weighted by Gasteiger charge is -2.08. The maximum Gasteiger partial charge on any atom is 0.193 e. The molecule has 3 aromatic carbocycles. The summed E-state index contributed by atoms with van der Waals surface area (Å²) >= 11 is 0. The first-order valence-electron chi connectivity index (χ1n) is 10.5. The molecule has 0 aliphatic carbocycles. The monoisotopic (exact) mass is 414 g/mol. The molecule has 0 saturated carbocycles. The van der Waals surface area contributed by atoms with Gasteiger partial charge in [-0.25, -0.2) is 0 Å². The van der Waals surface area contributed by atoms with Crippen molar-refractivity contribution < 1.29 is 14.7 Å². The van der Waals surface area contributed by atoms with Crippen LogP contribution in [-0.2, 0) is 11.3 Å². The summed E-state index contributed by atoms with van der Waals surface area (Å²) in [5.74, 6) is 0.0134. The van der Waals surface area contributed by atoms with E-state index in [4.69, 9.17) is 4.74 Å². The van der Waals surface area contributed by atoms with Crippen LogP contribution in [0.1, 0.15) is 40.9 Å². The Morgan fingerprint density at radius 1 is 1.00 bits per heavy atom. The van der Waals surface area contributed by atoms with E-state index < -0.39 is 0 Å². The molecule has 158 valence electrons. The Kier molecular flexibility index (Phi) is 5.87. The van der Waals surface area contributed by atoms with E-state index in [1.807, 2.05) is 74.5 Å². The fraction of sp³-hybridized carbons (Fsp3) is 0.231. The number of aromatic nitrogens is 1. The van der Waals surface area contributed by atoms with Crippen molar-refractivity contribution in [1.29, 1.82) is 0 Å². The highest BCUT2D eigenvalue weighted by Gasteiger charge is 2.16. The number of rotatable bonds is 7. The zero-order valence-electron chi connectivity index (χ0n) is 18.1. The third-order valence-corrected chi connectivity index (χ3v) is 5.75. The van der Waals surface area contributed by atoms with Crippen LogP contribution in [0.5, 0.6) is 0 Å². The largest absolute Gasteiger partial charge is 0.411 e. The Morgan fingerprint density at radius 3 is 2.29 bits per heavy atom. The predicted molar refractivity (Wildman–Crippen MR) is 125 cm³/mol. The van der Waals surface area contributed by atoms with Crippen molar-refractivity contribution in [2.45, 2.75) is 27.3 Å². The van der Waals surface area contributed by atoms with Gasteiger partial charge in [0.25, 0.3) is 0 Å². The topological polar surface area (TPSA) is 63.8 Å². The highest BCUT2D eigenvalue weighted by Crippen LogP contribution is 2.31. The molecular weight excluding hydrogens is 388 g/mol. The molecule has 5 nitrogen and oxygen atoms in total. The molecule has 31 heavy (non-hydrogen) atoms. The molecule has 0 saturated heterocycles. The van der Waals surface area contributed by atoms with E-state index in [1.165, 1.54) is 0 Å². The fourth-order valence-corrected chi connectivity index (χ4v) is 4.05. The van der Waals surface area contributed by atoms with Crippen LogP contribution >= 0.6 is 0 Å². The molecule has 0 bridgehead atoms. The average molecular weight is 415 g/mol. The van der Waals surface area contributed by atoms with Crippen LogP contribution < -0.4 is 0 Å². The molecular formula is C26H26N2O3. The average Bonchev–Trinajstić information content (AvgIpc) is 3.11. The Labute approximate surface area is 181 Å². The number of oxime groups is 1. The number of ether oxygens (including phenoxy) is 1. The number of benzene rings is 3. The molecule has 5 heteroatoms. The van der Waals surface area contributed by atoms with Gasteiger partial charge in [0, 0.05) is 46.1 Å². The Morgan fingerprint density at radius 2 is 1.65 bits per heavy atom. The first-order chi connectivity index (χ1) is 15.0. The number of hydrogen-bond donors (Lipinski definition) is 1. The number of carbonyl (C=O) groups excluding carboxylic acids is 1. The van der Waals surface area contributed by atoms with E-state index in [9.17, 15) is 10.0 Å². The van der Waals surface area contributed by atoms with Gasteiger partial charge in [-0.15, -0.1) is 0 Å². The summed E-state index contributed by atoms with van der Waals surface area (Å²) in [6.07, 6.45) is 0. The molecule has 0 radical (unpaired) electrons. The standard InChI is InChI=1S/C26H26N2O3/c1-4-31-14-13-28-24-11-9-19(18(3)27-30)15-22(24)23-16-20(10-12-25(23)28)26(29)21-8-6-5-7-17(21)2/h5-12,15-16,30H,4,13-14H2,1-3H3. The van der Waals surface area contributed by atoms with Crippen molar-refractivity contribution in [2.24, 2.45) is 5.16 Å². The van der Waals surface area contributed by atoms with Gasteiger partial charge in [0.1, 0.15) is 0 Å². The van der Waals surface area contributed by atoms with E-state index in [2.05, 4.69) is 9.72 Å². The lowest BCUT2D eigenvalue weighted by molar-refractivity contribution is 0.103. The fourth-order valence-electron chi connectivity index (χ4n) is 4.05. The van der Waals surface area contributed by atoms with Crippen LogP contribution in [0.2, 0.25) is 0 Å². The van der Waals surface area contributed by atoms with Crippen LogP contribution in [0.15, 0.2) is 65.8 Å². The lowest BCUT2D eigenvalue weighted by Crippen LogP contribution is -2.06. The summed E-state index contributed by atoms with van der Waals surface area (Å²) in [6.45, 7) is 7.70. The minimum atomic E-state index is 0.0134. The van der Waals surface area contributed by atoms with Gasteiger partial charge in [-0.05, 0) is 62.2 Å². The maximum absolute atomic E-state index is 13.2. The van der Waals surface area contributed by atoms with Crippen molar-refractivity contribution in [1.82, 2.24) is 4.57 Å². The highest BCUT2D eigenvalue weighted by molar-refractivity contribution is 6.16. The van der Waals surface area contributed by atoms with E-state index in [0.717, 1.165) is 32.9 Å². The van der Waals surface area contributed by atoms with Crippen LogP contribution in [0.4, 0.5) is 0 Å². The third kappa shape index (κ3) is 3.84. The molecule has 1 heterocycles. The van der Waals surface area contributed by atoms with Gasteiger partial charge in [-0.2, -0.15) is 0 Å². The summed E-state index contributed by atoms with van der Waals surface area (Å²) in [5, 5.41) is 14.6. The van der Waals surface area contributed by atoms with E-state index >= 15 is 0 Å².